The Hall–Kier alpha value is -3.68. The number of alkyl halides is 6. The quantitative estimate of drug-likeness (QED) is 0.194. The molecule has 0 amide bonds. The van der Waals surface area contributed by atoms with E-state index in [0.717, 1.165) is 18.2 Å². The van der Waals surface area contributed by atoms with Crippen molar-refractivity contribution in [2.45, 2.75) is 50.6 Å². The van der Waals surface area contributed by atoms with Crippen molar-refractivity contribution in [2.75, 3.05) is 13.9 Å². The molecule has 226 valence electrons. The van der Waals surface area contributed by atoms with Crippen molar-refractivity contribution in [1.82, 2.24) is 0 Å². The fourth-order valence-electron chi connectivity index (χ4n) is 2.74. The molecule has 2 unspecified atom stereocenters. The van der Waals surface area contributed by atoms with Crippen molar-refractivity contribution in [1.29, 1.82) is 0 Å². The molecule has 0 fully saturated rings. The van der Waals surface area contributed by atoms with Crippen LogP contribution in [0.5, 0.6) is 0 Å². The molecule has 0 aliphatic heterocycles. The average molecular weight is 593 g/mol. The Morgan fingerprint density at radius 1 is 0.805 bits per heavy atom. The molecule has 0 saturated carbocycles. The third kappa shape index (κ3) is 10.0. The fraction of sp³-hybridized carbons (Fsp3) is 0.357. The monoisotopic (exact) mass is 592 g/mol. The maximum absolute atomic E-state index is 13.0. The molecule has 2 atom stereocenters. The molecule has 0 bridgehead atoms. The highest BCUT2D eigenvalue weighted by Crippen LogP contribution is 2.35. The number of methoxy groups -OCH3 is 1. The number of rotatable bonds is 11. The van der Waals surface area contributed by atoms with Gasteiger partial charge in [-0.15, -0.1) is 0 Å². The summed E-state index contributed by atoms with van der Waals surface area (Å²) < 4.78 is 94.3. The first-order valence-electron chi connectivity index (χ1n) is 11.7. The second-order valence-electron chi connectivity index (χ2n) is 8.70. The van der Waals surface area contributed by atoms with Crippen LogP contribution in [0.3, 0.4) is 0 Å². The van der Waals surface area contributed by atoms with Crippen molar-refractivity contribution in [3.63, 3.8) is 0 Å². The summed E-state index contributed by atoms with van der Waals surface area (Å²) in [6.07, 6.45) is -6.87. The third-order valence-corrected chi connectivity index (χ3v) is 5.46. The lowest BCUT2D eigenvalue weighted by atomic mass is 10.1. The van der Waals surface area contributed by atoms with Crippen molar-refractivity contribution in [3.8, 4) is 0 Å². The first-order chi connectivity index (χ1) is 18.9. The van der Waals surface area contributed by atoms with Gasteiger partial charge in [0.2, 0.25) is 0 Å². The number of carbonyl (C=O) groups excluding carboxylic acids is 2. The zero-order valence-electron chi connectivity index (χ0n) is 22.5. The average Bonchev–Trinajstić information content (AvgIpc) is 2.92. The van der Waals surface area contributed by atoms with Gasteiger partial charge < -0.3 is 24.1 Å². The van der Waals surface area contributed by atoms with E-state index in [0.29, 0.717) is 25.0 Å². The predicted molar refractivity (Wildman–Crippen MR) is 137 cm³/mol. The number of carbonyl (C=O) groups is 2. The van der Waals surface area contributed by atoms with Gasteiger partial charge in [-0.2, -0.15) is 26.3 Å². The van der Waals surface area contributed by atoms with Gasteiger partial charge in [0, 0.05) is 7.11 Å². The molecule has 0 aliphatic rings. The lowest BCUT2D eigenvalue weighted by Crippen LogP contribution is -2.52. The lowest BCUT2D eigenvalue weighted by Gasteiger charge is -2.29. The first kappa shape index (κ1) is 35.3. The Balaban J connectivity index is 0.000000414. The molecular weight excluding hydrogens is 562 g/mol. The zero-order chi connectivity index (χ0) is 31.5. The number of ether oxygens (including phenoxy) is 4. The largest absolute Gasteiger partial charge is 0.458 e. The van der Waals surface area contributed by atoms with Crippen LogP contribution in [0, 0.1) is 0 Å². The Morgan fingerprint density at radius 2 is 1.24 bits per heavy atom. The molecule has 0 heterocycles. The van der Waals surface area contributed by atoms with Crippen molar-refractivity contribution in [3.05, 3.63) is 83.9 Å². The van der Waals surface area contributed by atoms with Gasteiger partial charge in [0.25, 0.3) is 11.2 Å². The molecule has 7 nitrogen and oxygen atoms in total. The predicted octanol–water partition coefficient (Wildman–Crippen LogP) is 6.00. The summed E-state index contributed by atoms with van der Waals surface area (Å²) in [4.78, 5) is 23.0. The number of benzene rings is 2. The van der Waals surface area contributed by atoms with Crippen molar-refractivity contribution < 1.29 is 60.0 Å². The highest BCUT2D eigenvalue weighted by Gasteiger charge is 2.60. The van der Waals surface area contributed by atoms with Crippen molar-refractivity contribution >= 4 is 24.1 Å². The molecule has 13 heteroatoms. The van der Waals surface area contributed by atoms with Gasteiger partial charge >= 0.3 is 24.3 Å². The molecule has 0 spiro atoms. The van der Waals surface area contributed by atoms with E-state index >= 15 is 0 Å². The van der Waals surface area contributed by atoms with E-state index in [-0.39, 0.29) is 13.2 Å². The van der Waals surface area contributed by atoms with Gasteiger partial charge in [-0.3, -0.25) is 0 Å². The number of halogens is 6. The molecule has 0 aliphatic carbocycles. The van der Waals surface area contributed by atoms with Crippen LogP contribution < -0.4 is 0 Å². The highest BCUT2D eigenvalue weighted by atomic mass is 19.4. The maximum Gasteiger partial charge on any atom is 0.428 e. The fourth-order valence-corrected chi connectivity index (χ4v) is 2.74. The van der Waals surface area contributed by atoms with Gasteiger partial charge in [-0.25, -0.2) is 9.59 Å². The molecule has 41 heavy (non-hydrogen) atoms. The Kier molecular flexibility index (Phi) is 12.8. The first-order valence-corrected chi connectivity index (χ1v) is 11.7. The Labute approximate surface area is 233 Å². The Bertz CT molecular complexity index is 1190. The summed E-state index contributed by atoms with van der Waals surface area (Å²) in [6, 6.07) is 13.3. The van der Waals surface area contributed by atoms with E-state index in [9.17, 15) is 35.9 Å². The zero-order valence-corrected chi connectivity index (χ0v) is 22.5. The topological polar surface area (TPSA) is 91.3 Å². The maximum atomic E-state index is 13.0. The Morgan fingerprint density at radius 3 is 1.61 bits per heavy atom. The molecule has 2 aromatic carbocycles. The summed E-state index contributed by atoms with van der Waals surface area (Å²) in [7, 11) is 1.16. The summed E-state index contributed by atoms with van der Waals surface area (Å²) in [6.45, 7) is 6.75. The highest BCUT2D eigenvalue weighted by molar-refractivity contribution is 5.80. The number of esters is 2. The molecule has 1 N–H and O–H groups in total. The van der Waals surface area contributed by atoms with E-state index in [4.69, 9.17) is 9.84 Å². The summed E-state index contributed by atoms with van der Waals surface area (Å²) in [5, 5.41) is 9.08. The van der Waals surface area contributed by atoms with E-state index in [1.807, 2.05) is 0 Å². The molecule has 0 aromatic heterocycles. The van der Waals surface area contributed by atoms with E-state index < -0.39 is 42.3 Å². The van der Waals surface area contributed by atoms with Crippen LogP contribution in [-0.4, -0.2) is 54.5 Å². The van der Waals surface area contributed by atoms with Crippen LogP contribution in [0.2, 0.25) is 0 Å². The lowest BCUT2D eigenvalue weighted by molar-refractivity contribution is -0.287. The van der Waals surface area contributed by atoms with Gasteiger partial charge in [-0.05, 0) is 48.2 Å². The van der Waals surface area contributed by atoms with Gasteiger partial charge in [0.15, 0.2) is 0 Å². The summed E-state index contributed by atoms with van der Waals surface area (Å²) >= 11 is 0. The number of hydrogen-bond donors (Lipinski definition) is 1. The second kappa shape index (κ2) is 14.8. The van der Waals surface area contributed by atoms with Gasteiger partial charge in [0.05, 0.1) is 0 Å². The number of hydrogen-bond acceptors (Lipinski definition) is 7. The smallest absolute Gasteiger partial charge is 0.428 e. The SMILES string of the molecule is C=Cc1cccc(COC(=O)C(C)(O)C(F)(F)F)c1.C=Cc1cccc(COC(=O)C(C)(OCOC)C(F)(F)F)c1. The van der Waals surface area contributed by atoms with Crippen LogP contribution in [0.1, 0.15) is 36.1 Å². The van der Waals surface area contributed by atoms with Gasteiger partial charge in [0.1, 0.15) is 20.0 Å². The van der Waals surface area contributed by atoms with Crippen LogP contribution in [0.25, 0.3) is 12.2 Å². The van der Waals surface area contributed by atoms with E-state index in [2.05, 4.69) is 27.4 Å². The van der Waals surface area contributed by atoms with E-state index in [1.165, 1.54) is 0 Å². The van der Waals surface area contributed by atoms with Crippen LogP contribution >= 0.6 is 0 Å². The number of aliphatic hydroxyl groups is 1. The second-order valence-corrected chi connectivity index (χ2v) is 8.70. The standard InChI is InChI=1S/C15H17F3O4.C13H13F3O3/c1-4-11-6-5-7-12(8-11)9-21-13(19)14(2,15(16,17)18)22-10-20-3;1-3-9-5-4-6-10(7-9)8-19-11(17)12(2,18)13(14,15)16/h4-8H,1,9-10H2,2-3H3;3-7,18H,1,8H2,2H3. The third-order valence-electron chi connectivity index (χ3n) is 5.46. The van der Waals surface area contributed by atoms with Crippen LogP contribution in [0.15, 0.2) is 61.7 Å². The van der Waals surface area contributed by atoms with Crippen LogP contribution in [-0.2, 0) is 41.8 Å². The minimum absolute atomic E-state index is 0.303. The minimum Gasteiger partial charge on any atom is -0.458 e. The summed E-state index contributed by atoms with van der Waals surface area (Å²) in [5.41, 5.74) is -4.04. The normalized spacial score (nSPS) is 14.4. The molecule has 2 aromatic rings. The van der Waals surface area contributed by atoms with Crippen molar-refractivity contribution in [2.24, 2.45) is 0 Å². The molecule has 2 rings (SSSR count). The van der Waals surface area contributed by atoms with E-state index in [1.54, 1.807) is 60.7 Å². The molecule has 0 saturated heterocycles. The molecular formula is C28H30F6O7. The summed E-state index contributed by atoms with van der Waals surface area (Å²) in [5.74, 6) is -3.26. The minimum atomic E-state index is -5.08. The molecule has 0 radical (unpaired) electrons. The van der Waals surface area contributed by atoms with Crippen LogP contribution in [0.4, 0.5) is 26.3 Å². The van der Waals surface area contributed by atoms with Gasteiger partial charge in [-0.1, -0.05) is 61.7 Å².